The van der Waals surface area contributed by atoms with Crippen LogP contribution in [-0.4, -0.2) is 123 Å². The van der Waals surface area contributed by atoms with Crippen molar-refractivity contribution in [3.8, 4) is 0 Å². The number of rotatable bonds is 1. The van der Waals surface area contributed by atoms with E-state index >= 15 is 0 Å². The number of carboxylic acid groups (broad SMARTS) is 3. The van der Waals surface area contributed by atoms with Gasteiger partial charge in [0.15, 0.2) is 0 Å². The minimum atomic E-state index is -3.24. The molecule has 0 aliphatic carbocycles. The molecule has 1 saturated heterocycles. The zero-order chi connectivity index (χ0) is 15.2. The van der Waals surface area contributed by atoms with Crippen LogP contribution in [0.3, 0.4) is 0 Å². The fourth-order valence-electron chi connectivity index (χ4n) is 0.481. The normalized spacial score (nSPS) is 8.50. The number of hydrogen-bond acceptors (Lipinski definition) is 11. The second-order valence-corrected chi connectivity index (χ2v) is 3.67. The van der Waals surface area contributed by atoms with E-state index in [9.17, 15) is 19.2 Å². The average molecular weight is 460 g/mol. The maximum atomic E-state index is 10.3. The van der Waals surface area contributed by atoms with Crippen molar-refractivity contribution in [2.75, 3.05) is 0 Å². The van der Waals surface area contributed by atoms with Crippen molar-refractivity contribution < 1.29 is 99.3 Å². The standard InChI is InChI=1S/3C2H2O4.Al.Mg.8H2O/c3*3-1(4)2(5)6;;;;;;;;;;/h3*(H,3,4)(H,5,6);;;8*1H2/q;;;+3;+2;;;;;;;;/p-5. The van der Waals surface area contributed by atoms with Gasteiger partial charge in [-0.05, 0) is 0 Å². The van der Waals surface area contributed by atoms with Crippen molar-refractivity contribution in [1.29, 1.82) is 0 Å². The molecule has 0 saturated carbocycles. The van der Waals surface area contributed by atoms with Crippen molar-refractivity contribution >= 4 is 74.0 Å². The molecule has 1 heterocycles. The second kappa shape index (κ2) is 29.6. The van der Waals surface area contributed by atoms with Crippen LogP contribution in [0.25, 0.3) is 0 Å². The molecule has 0 radical (unpaired) electrons. The van der Waals surface area contributed by atoms with Crippen molar-refractivity contribution in [2.45, 2.75) is 0 Å². The van der Waals surface area contributed by atoms with Gasteiger partial charge >= 0.3 is 62.1 Å². The van der Waals surface area contributed by atoms with Gasteiger partial charge in [0, 0.05) is 0 Å². The molecule has 22 heteroatoms. The molecular formula is C6H17AlMgO20. The molecule has 1 aliphatic rings. The predicted molar refractivity (Wildman–Crippen MR) is 76.3 cm³/mol. The Morgan fingerprint density at radius 1 is 0.750 bits per heavy atom. The summed E-state index contributed by atoms with van der Waals surface area (Å²) in [5, 5.41) is 25.9. The molecule has 0 spiro atoms. The monoisotopic (exact) mass is 460 g/mol. The summed E-state index contributed by atoms with van der Waals surface area (Å²) in [4.78, 5) is 58.8. The number of carbonyl (C=O) groups excluding carboxylic acids is 5. The third-order valence-electron chi connectivity index (χ3n) is 1.12. The van der Waals surface area contributed by atoms with E-state index in [-0.39, 0.29) is 66.9 Å². The maximum Gasteiger partial charge on any atom is 2.00 e. The average Bonchev–Trinajstić information content (AvgIpc) is 2.58. The maximum absolute atomic E-state index is 10.3. The molecule has 166 valence electrons. The van der Waals surface area contributed by atoms with Gasteiger partial charge in [-0.2, -0.15) is 0 Å². The molecule has 1 fully saturated rings. The molecule has 20 nitrogen and oxygen atoms in total. The fourth-order valence-corrected chi connectivity index (χ4v) is 1.44. The minimum absolute atomic E-state index is 0. The van der Waals surface area contributed by atoms with Crippen LogP contribution in [-0.2, 0) is 40.1 Å². The quantitative estimate of drug-likeness (QED) is 0.281. The fraction of sp³-hybridized carbons (Fsp3) is 0. The van der Waals surface area contributed by atoms with Crippen molar-refractivity contribution in [1.82, 2.24) is 0 Å². The molecule has 0 atom stereocenters. The Morgan fingerprint density at radius 2 is 1.00 bits per heavy atom. The van der Waals surface area contributed by atoms with Gasteiger partial charge in [0.2, 0.25) is 0 Å². The van der Waals surface area contributed by atoms with Crippen molar-refractivity contribution in [2.24, 2.45) is 0 Å². The Labute approximate surface area is 173 Å². The van der Waals surface area contributed by atoms with Gasteiger partial charge in [-0.3, -0.25) is 0 Å². The van der Waals surface area contributed by atoms with Crippen LogP contribution in [0, 0.1) is 0 Å². The minimum Gasteiger partial charge on any atom is -0.543 e. The smallest absolute Gasteiger partial charge is 0.543 e. The van der Waals surface area contributed by atoms with Gasteiger partial charge in [0.05, 0.1) is 11.9 Å². The van der Waals surface area contributed by atoms with E-state index in [1.54, 1.807) is 0 Å². The molecule has 0 aromatic carbocycles. The summed E-state index contributed by atoms with van der Waals surface area (Å²) in [6, 6.07) is 0. The Morgan fingerprint density at radius 3 is 1.18 bits per heavy atom. The van der Waals surface area contributed by atoms with E-state index in [1.165, 1.54) is 0 Å². The SMILES string of the molecule is O.O.O.O.O.O.O.O.O=C(O)C(=O)[O][Al]1[O]C(=O)C(=O)[O]1.O=C([O-])C(=O)[O-].[Mg+2]. The molecule has 1 rings (SSSR count). The van der Waals surface area contributed by atoms with E-state index < -0.39 is 51.0 Å². The van der Waals surface area contributed by atoms with E-state index in [0.717, 1.165) is 0 Å². The van der Waals surface area contributed by atoms with Crippen molar-refractivity contribution in [3.63, 3.8) is 0 Å². The molecule has 0 bridgehead atoms. The third-order valence-corrected chi connectivity index (χ3v) is 2.34. The van der Waals surface area contributed by atoms with Gasteiger partial charge in [-0.15, -0.1) is 0 Å². The Kier molecular flexibility index (Phi) is 67.1. The molecule has 1 aliphatic heterocycles. The molecule has 0 aromatic rings. The zero-order valence-electron chi connectivity index (χ0n) is 13.2. The summed E-state index contributed by atoms with van der Waals surface area (Å²) < 4.78 is 12.3. The Hall–Kier alpha value is -2.20. The van der Waals surface area contributed by atoms with Gasteiger partial charge in [-0.1, -0.05) is 0 Å². The molecule has 17 N–H and O–H groups in total. The van der Waals surface area contributed by atoms with Gasteiger partial charge < -0.3 is 80.1 Å². The van der Waals surface area contributed by atoms with E-state index in [2.05, 4.69) is 11.4 Å². The van der Waals surface area contributed by atoms with Crippen LogP contribution in [0.15, 0.2) is 0 Å². The van der Waals surface area contributed by atoms with Crippen molar-refractivity contribution in [3.05, 3.63) is 0 Å². The Balaban J connectivity index is -0.0000000246. The number of carbonyl (C=O) groups is 6. The largest absolute Gasteiger partial charge is 2.00 e. The van der Waals surface area contributed by atoms with Gasteiger partial charge in [-0.25, -0.2) is 19.2 Å². The summed E-state index contributed by atoms with van der Waals surface area (Å²) in [6.07, 6.45) is 0. The zero-order valence-corrected chi connectivity index (χ0v) is 15.8. The predicted octanol–water partition coefficient (Wildman–Crippen LogP) is -12.8. The topological polar surface area (TPSA) is 448 Å². The van der Waals surface area contributed by atoms with Crippen LogP contribution >= 0.6 is 0 Å². The number of aliphatic carboxylic acids is 3. The molecular weight excluding hydrogens is 443 g/mol. The summed E-state index contributed by atoms with van der Waals surface area (Å²) in [7, 11) is 0. The van der Waals surface area contributed by atoms with Gasteiger partial charge in [0.25, 0.3) is 0 Å². The first-order valence-electron chi connectivity index (χ1n) is 3.93. The van der Waals surface area contributed by atoms with Crippen LogP contribution in [0.2, 0.25) is 0 Å². The summed E-state index contributed by atoms with van der Waals surface area (Å²) >= 11 is -3.24. The summed E-state index contributed by atoms with van der Waals surface area (Å²) in [5.74, 6) is -10.4. The molecule has 0 amide bonds. The van der Waals surface area contributed by atoms with Crippen LogP contribution in [0.4, 0.5) is 0 Å². The first kappa shape index (κ1) is 63.6. The Bertz CT molecular complexity index is 434. The number of carboxylic acids is 3. The summed E-state index contributed by atoms with van der Waals surface area (Å²) in [6.45, 7) is 0. The van der Waals surface area contributed by atoms with Crippen LogP contribution in [0.5, 0.6) is 0 Å². The van der Waals surface area contributed by atoms with Crippen LogP contribution in [0.1, 0.15) is 0 Å². The number of hydrogen-bond donors (Lipinski definition) is 1. The third kappa shape index (κ3) is 26.0. The van der Waals surface area contributed by atoms with E-state index in [1.807, 2.05) is 0 Å². The van der Waals surface area contributed by atoms with E-state index in [4.69, 9.17) is 24.9 Å². The van der Waals surface area contributed by atoms with E-state index in [0.29, 0.717) is 0 Å². The van der Waals surface area contributed by atoms with Gasteiger partial charge in [0.1, 0.15) is 0 Å². The van der Waals surface area contributed by atoms with Crippen LogP contribution < -0.4 is 10.2 Å². The first-order chi connectivity index (χ1) is 8.65. The first-order valence-corrected chi connectivity index (χ1v) is 5.34. The second-order valence-electron chi connectivity index (χ2n) is 2.38. The summed E-state index contributed by atoms with van der Waals surface area (Å²) in [5.41, 5.74) is 0. The molecule has 0 unspecified atom stereocenters. The molecule has 28 heavy (non-hydrogen) atoms. The molecule has 0 aromatic heterocycles.